The van der Waals surface area contributed by atoms with Crippen molar-refractivity contribution in [1.29, 1.82) is 0 Å². The van der Waals surface area contributed by atoms with E-state index in [0.717, 1.165) is 10.0 Å². The maximum atomic E-state index is 11.7. The molecule has 0 saturated carbocycles. The fraction of sp³-hybridized carbons (Fsp3) is 0.364. The minimum Gasteiger partial charge on any atom is -0.394 e. The number of carbonyl (C=O) groups excluding carboxylic acids is 1. The van der Waals surface area contributed by atoms with Crippen molar-refractivity contribution in [3.8, 4) is 0 Å². The summed E-state index contributed by atoms with van der Waals surface area (Å²) in [7, 11) is 0. The normalized spacial score (nSPS) is 10.6. The highest BCUT2D eigenvalue weighted by molar-refractivity contribution is 9.10. The first-order chi connectivity index (χ1) is 7.58. The molecule has 0 bridgehead atoms. The molecule has 4 nitrogen and oxygen atoms in total. The summed E-state index contributed by atoms with van der Waals surface area (Å²) >= 11 is 3.34. The molecule has 88 valence electrons. The summed E-state index contributed by atoms with van der Waals surface area (Å²) in [5.41, 5.74) is 1.53. The van der Waals surface area contributed by atoms with Crippen LogP contribution in [0.5, 0.6) is 0 Å². The number of carbonyl (C=O) groups is 1. The third-order valence-electron chi connectivity index (χ3n) is 2.21. The molecule has 0 fully saturated rings. The van der Waals surface area contributed by atoms with Crippen molar-refractivity contribution in [1.82, 2.24) is 5.32 Å². The monoisotopic (exact) mass is 287 g/mol. The molecule has 0 aliphatic carbocycles. The molecule has 1 aromatic carbocycles. The number of aryl methyl sites for hydroxylation is 1. The van der Waals surface area contributed by atoms with Gasteiger partial charge in [0.05, 0.1) is 19.3 Å². The maximum absolute atomic E-state index is 11.7. The van der Waals surface area contributed by atoms with Crippen molar-refractivity contribution in [2.45, 2.75) is 13.0 Å². The lowest BCUT2D eigenvalue weighted by atomic mass is 10.1. The topological polar surface area (TPSA) is 69.6 Å². The van der Waals surface area contributed by atoms with Crippen LogP contribution in [0.25, 0.3) is 0 Å². The van der Waals surface area contributed by atoms with Gasteiger partial charge in [-0.25, -0.2) is 0 Å². The van der Waals surface area contributed by atoms with Crippen LogP contribution in [0.1, 0.15) is 15.9 Å². The van der Waals surface area contributed by atoms with Crippen LogP contribution in [-0.4, -0.2) is 35.4 Å². The first-order valence-electron chi connectivity index (χ1n) is 4.87. The second-order valence-corrected chi connectivity index (χ2v) is 4.35. The molecule has 0 heterocycles. The predicted molar refractivity (Wildman–Crippen MR) is 64.3 cm³/mol. The zero-order valence-corrected chi connectivity index (χ0v) is 10.5. The van der Waals surface area contributed by atoms with Gasteiger partial charge in [0.25, 0.3) is 5.91 Å². The number of amides is 1. The summed E-state index contributed by atoms with van der Waals surface area (Å²) in [4.78, 5) is 11.7. The number of hydrogen-bond acceptors (Lipinski definition) is 3. The second kappa shape index (κ2) is 5.98. The molecular weight excluding hydrogens is 274 g/mol. The Kier molecular flexibility index (Phi) is 4.92. The van der Waals surface area contributed by atoms with Crippen LogP contribution >= 0.6 is 15.9 Å². The van der Waals surface area contributed by atoms with E-state index in [0.29, 0.717) is 5.56 Å². The van der Waals surface area contributed by atoms with Crippen molar-refractivity contribution >= 4 is 21.8 Å². The van der Waals surface area contributed by atoms with Gasteiger partial charge in [-0.05, 0) is 24.6 Å². The van der Waals surface area contributed by atoms with Crippen molar-refractivity contribution in [2.75, 3.05) is 13.2 Å². The number of halogens is 1. The van der Waals surface area contributed by atoms with E-state index >= 15 is 0 Å². The van der Waals surface area contributed by atoms with Crippen molar-refractivity contribution in [3.63, 3.8) is 0 Å². The number of rotatable bonds is 4. The molecule has 0 spiro atoms. The van der Waals surface area contributed by atoms with Gasteiger partial charge in [-0.1, -0.05) is 22.0 Å². The summed E-state index contributed by atoms with van der Waals surface area (Å²) in [5, 5.41) is 20.2. The third kappa shape index (κ3) is 3.30. The molecular formula is C11H14BrNO3. The van der Waals surface area contributed by atoms with E-state index in [-0.39, 0.29) is 19.1 Å². The molecule has 5 heteroatoms. The molecule has 0 unspecified atom stereocenters. The van der Waals surface area contributed by atoms with E-state index < -0.39 is 6.04 Å². The first-order valence-corrected chi connectivity index (χ1v) is 5.66. The van der Waals surface area contributed by atoms with Gasteiger partial charge in [-0.15, -0.1) is 0 Å². The Morgan fingerprint density at radius 1 is 1.44 bits per heavy atom. The first kappa shape index (κ1) is 13.2. The molecule has 0 aliphatic rings. The van der Waals surface area contributed by atoms with Gasteiger partial charge in [0, 0.05) is 10.0 Å². The minimum atomic E-state index is -0.618. The zero-order valence-electron chi connectivity index (χ0n) is 8.90. The van der Waals surface area contributed by atoms with E-state index in [4.69, 9.17) is 10.2 Å². The summed E-state index contributed by atoms with van der Waals surface area (Å²) < 4.78 is 0.852. The van der Waals surface area contributed by atoms with E-state index in [9.17, 15) is 4.79 Å². The summed E-state index contributed by atoms with van der Waals surface area (Å²) in [5.74, 6) is -0.311. The molecule has 0 atom stereocenters. The predicted octanol–water partition coefficient (Wildman–Crippen LogP) is 0.841. The highest BCUT2D eigenvalue weighted by Gasteiger charge is 2.12. The fourth-order valence-corrected chi connectivity index (χ4v) is 1.53. The highest BCUT2D eigenvalue weighted by atomic mass is 79.9. The number of aliphatic hydroxyl groups is 2. The second-order valence-electron chi connectivity index (χ2n) is 3.50. The lowest BCUT2D eigenvalue weighted by Crippen LogP contribution is -2.40. The standard InChI is InChI=1S/C11H14BrNO3/c1-7-2-3-8(4-10(7)12)11(16)13-9(5-14)6-15/h2-4,9,14-15H,5-6H2,1H3,(H,13,16). The molecule has 3 N–H and O–H groups in total. The van der Waals surface area contributed by atoms with Gasteiger partial charge in [0.1, 0.15) is 0 Å². The molecule has 0 aromatic heterocycles. The van der Waals surface area contributed by atoms with Gasteiger partial charge >= 0.3 is 0 Å². The summed E-state index contributed by atoms with van der Waals surface area (Å²) in [6.07, 6.45) is 0. The minimum absolute atomic E-state index is 0.282. The van der Waals surface area contributed by atoms with Crippen molar-refractivity contribution in [3.05, 3.63) is 33.8 Å². The Morgan fingerprint density at radius 2 is 2.06 bits per heavy atom. The van der Waals surface area contributed by atoms with Gasteiger partial charge in [0.2, 0.25) is 0 Å². The number of benzene rings is 1. The lowest BCUT2D eigenvalue weighted by molar-refractivity contribution is 0.0879. The van der Waals surface area contributed by atoms with Gasteiger partial charge in [0.15, 0.2) is 0 Å². The van der Waals surface area contributed by atoms with E-state index in [1.165, 1.54) is 0 Å². The van der Waals surface area contributed by atoms with Crippen LogP contribution in [0.3, 0.4) is 0 Å². The Bertz CT molecular complexity index is 377. The highest BCUT2D eigenvalue weighted by Crippen LogP contribution is 2.17. The third-order valence-corrected chi connectivity index (χ3v) is 3.06. The molecule has 1 rings (SSSR count). The quantitative estimate of drug-likeness (QED) is 0.769. The molecule has 0 aliphatic heterocycles. The molecule has 16 heavy (non-hydrogen) atoms. The molecule has 1 aromatic rings. The average Bonchev–Trinajstić information content (AvgIpc) is 2.29. The van der Waals surface area contributed by atoms with Crippen molar-refractivity contribution < 1.29 is 15.0 Å². The Labute approximate surface area is 102 Å². The number of nitrogens with one attached hydrogen (secondary N) is 1. The van der Waals surface area contributed by atoms with Gasteiger partial charge in [-0.3, -0.25) is 4.79 Å². The van der Waals surface area contributed by atoms with Gasteiger partial charge in [-0.2, -0.15) is 0 Å². The zero-order chi connectivity index (χ0) is 12.1. The van der Waals surface area contributed by atoms with Crippen molar-refractivity contribution in [2.24, 2.45) is 0 Å². The summed E-state index contributed by atoms with van der Waals surface area (Å²) in [6, 6.07) is 4.61. The Morgan fingerprint density at radius 3 is 2.56 bits per heavy atom. The SMILES string of the molecule is Cc1ccc(C(=O)NC(CO)CO)cc1Br. The lowest BCUT2D eigenvalue weighted by Gasteiger charge is -2.13. The van der Waals surface area contributed by atoms with Crippen LogP contribution in [0, 0.1) is 6.92 Å². The average molecular weight is 288 g/mol. The number of hydrogen-bond donors (Lipinski definition) is 3. The van der Waals surface area contributed by atoms with Crippen LogP contribution < -0.4 is 5.32 Å². The van der Waals surface area contributed by atoms with E-state index in [1.807, 2.05) is 13.0 Å². The molecule has 0 saturated heterocycles. The Balaban J connectivity index is 2.76. The summed E-state index contributed by atoms with van der Waals surface area (Å²) in [6.45, 7) is 1.36. The van der Waals surface area contributed by atoms with Crippen LogP contribution in [-0.2, 0) is 0 Å². The van der Waals surface area contributed by atoms with Crippen LogP contribution in [0.15, 0.2) is 22.7 Å². The smallest absolute Gasteiger partial charge is 0.251 e. The molecule has 0 radical (unpaired) electrons. The van der Waals surface area contributed by atoms with Crippen LogP contribution in [0.4, 0.5) is 0 Å². The van der Waals surface area contributed by atoms with E-state index in [2.05, 4.69) is 21.2 Å². The fourth-order valence-electron chi connectivity index (χ4n) is 1.15. The number of aliphatic hydroxyl groups excluding tert-OH is 2. The maximum Gasteiger partial charge on any atom is 0.251 e. The largest absolute Gasteiger partial charge is 0.394 e. The Hall–Kier alpha value is -0.910. The van der Waals surface area contributed by atoms with E-state index in [1.54, 1.807) is 12.1 Å². The molecule has 1 amide bonds. The van der Waals surface area contributed by atoms with Gasteiger partial charge < -0.3 is 15.5 Å². The van der Waals surface area contributed by atoms with Crippen LogP contribution in [0.2, 0.25) is 0 Å².